The molecular formula is C20H16N4O5. The van der Waals surface area contributed by atoms with Crippen molar-refractivity contribution in [2.45, 2.75) is 0 Å². The molecule has 1 amide bonds. The molecule has 0 saturated heterocycles. The summed E-state index contributed by atoms with van der Waals surface area (Å²) >= 11 is 0. The predicted molar refractivity (Wildman–Crippen MR) is 103 cm³/mol. The van der Waals surface area contributed by atoms with E-state index in [1.807, 2.05) is 6.07 Å². The third kappa shape index (κ3) is 3.57. The molecule has 29 heavy (non-hydrogen) atoms. The van der Waals surface area contributed by atoms with Gasteiger partial charge in [-0.05, 0) is 24.3 Å². The van der Waals surface area contributed by atoms with Gasteiger partial charge in [0.2, 0.25) is 12.7 Å². The van der Waals surface area contributed by atoms with E-state index in [0.717, 1.165) is 5.69 Å². The summed E-state index contributed by atoms with van der Waals surface area (Å²) in [6.45, 7) is 1.21. The van der Waals surface area contributed by atoms with Crippen molar-refractivity contribution in [3.05, 3.63) is 54.4 Å². The van der Waals surface area contributed by atoms with Crippen molar-refractivity contribution in [2.75, 3.05) is 30.6 Å². The molecule has 3 heterocycles. The first-order valence-electron chi connectivity index (χ1n) is 8.94. The summed E-state index contributed by atoms with van der Waals surface area (Å²) in [5, 5.41) is 5.86. The third-order valence-electron chi connectivity index (χ3n) is 4.34. The predicted octanol–water partition coefficient (Wildman–Crippen LogP) is 2.97. The molecule has 5 rings (SSSR count). The lowest BCUT2D eigenvalue weighted by molar-refractivity contribution is 0.102. The van der Waals surface area contributed by atoms with E-state index in [1.54, 1.807) is 30.3 Å². The minimum atomic E-state index is -0.323. The number of amides is 1. The van der Waals surface area contributed by atoms with E-state index in [9.17, 15) is 4.79 Å². The third-order valence-corrected chi connectivity index (χ3v) is 4.34. The molecule has 0 aliphatic carbocycles. The number of rotatable bonds is 4. The Kier molecular flexibility index (Phi) is 4.24. The molecule has 2 aliphatic heterocycles. The quantitative estimate of drug-likeness (QED) is 0.698. The van der Waals surface area contributed by atoms with Crippen LogP contribution < -0.4 is 29.6 Å². The van der Waals surface area contributed by atoms with E-state index in [1.165, 1.54) is 12.4 Å². The van der Waals surface area contributed by atoms with Gasteiger partial charge in [-0.2, -0.15) is 0 Å². The van der Waals surface area contributed by atoms with E-state index in [0.29, 0.717) is 53.4 Å². The van der Waals surface area contributed by atoms with Crippen LogP contribution in [0.2, 0.25) is 0 Å². The monoisotopic (exact) mass is 392 g/mol. The molecule has 1 aromatic heterocycles. The summed E-state index contributed by atoms with van der Waals surface area (Å²) in [4.78, 5) is 20.9. The molecule has 0 spiro atoms. The minimum absolute atomic E-state index is 0.211. The van der Waals surface area contributed by atoms with Crippen LogP contribution in [0.15, 0.2) is 48.8 Å². The zero-order valence-electron chi connectivity index (χ0n) is 15.2. The standard InChI is InChI=1S/C20H16N4O5/c25-19(23-13-1-3-15-17(7-13)27-6-5-26-15)12-9-21-20(22-10-12)24-14-2-4-16-18(8-14)29-11-28-16/h1-4,7-10H,5-6,11H2,(H,23,25)(H,21,22,24). The number of benzene rings is 2. The van der Waals surface area contributed by atoms with Crippen LogP contribution in [0.4, 0.5) is 17.3 Å². The van der Waals surface area contributed by atoms with Crippen molar-refractivity contribution in [2.24, 2.45) is 0 Å². The van der Waals surface area contributed by atoms with Crippen LogP contribution in [-0.2, 0) is 0 Å². The Morgan fingerprint density at radius 1 is 0.793 bits per heavy atom. The van der Waals surface area contributed by atoms with Crippen LogP contribution in [0.25, 0.3) is 0 Å². The normalized spacial score (nSPS) is 13.7. The van der Waals surface area contributed by atoms with Crippen LogP contribution >= 0.6 is 0 Å². The van der Waals surface area contributed by atoms with E-state index >= 15 is 0 Å². The van der Waals surface area contributed by atoms with E-state index < -0.39 is 0 Å². The van der Waals surface area contributed by atoms with Gasteiger partial charge in [0.25, 0.3) is 5.91 Å². The second-order valence-electron chi connectivity index (χ2n) is 6.30. The number of fused-ring (bicyclic) bond motifs is 2. The first-order valence-corrected chi connectivity index (χ1v) is 8.94. The molecule has 2 aromatic carbocycles. The number of nitrogens with zero attached hydrogens (tertiary/aromatic N) is 2. The fourth-order valence-electron chi connectivity index (χ4n) is 2.94. The second kappa shape index (κ2) is 7.19. The zero-order valence-corrected chi connectivity index (χ0v) is 15.2. The molecule has 0 saturated carbocycles. The highest BCUT2D eigenvalue weighted by atomic mass is 16.7. The minimum Gasteiger partial charge on any atom is -0.486 e. The van der Waals surface area contributed by atoms with Gasteiger partial charge in [0.15, 0.2) is 23.0 Å². The molecule has 0 radical (unpaired) electrons. The Bertz CT molecular complexity index is 1070. The smallest absolute Gasteiger partial charge is 0.258 e. The molecule has 0 unspecified atom stereocenters. The van der Waals surface area contributed by atoms with Gasteiger partial charge in [-0.1, -0.05) is 0 Å². The fourth-order valence-corrected chi connectivity index (χ4v) is 2.94. The first kappa shape index (κ1) is 17.1. The molecule has 3 aromatic rings. The summed E-state index contributed by atoms with van der Waals surface area (Å²) in [5.74, 6) is 2.66. The topological polar surface area (TPSA) is 104 Å². The van der Waals surface area contributed by atoms with Crippen molar-refractivity contribution in [1.82, 2.24) is 9.97 Å². The lowest BCUT2D eigenvalue weighted by atomic mass is 10.2. The Labute approximate surface area is 165 Å². The summed E-state index contributed by atoms with van der Waals surface area (Å²) in [6.07, 6.45) is 2.91. The number of hydrogen-bond acceptors (Lipinski definition) is 8. The Hall–Kier alpha value is -4.01. The number of nitrogens with one attached hydrogen (secondary N) is 2. The average molecular weight is 392 g/mol. The summed E-state index contributed by atoms with van der Waals surface area (Å²) in [6, 6.07) is 10.7. The largest absolute Gasteiger partial charge is 0.486 e. The average Bonchev–Trinajstić information content (AvgIpc) is 3.22. The van der Waals surface area contributed by atoms with E-state index in [4.69, 9.17) is 18.9 Å². The van der Waals surface area contributed by atoms with Gasteiger partial charge in [0.1, 0.15) is 13.2 Å². The summed E-state index contributed by atoms with van der Waals surface area (Å²) < 4.78 is 21.6. The zero-order chi connectivity index (χ0) is 19.6. The van der Waals surface area contributed by atoms with Crippen LogP contribution in [-0.4, -0.2) is 35.9 Å². The fraction of sp³-hybridized carbons (Fsp3) is 0.150. The number of ether oxygens (including phenoxy) is 4. The van der Waals surface area contributed by atoms with Crippen LogP contribution in [0.1, 0.15) is 10.4 Å². The van der Waals surface area contributed by atoms with Crippen LogP contribution in [0, 0.1) is 0 Å². The van der Waals surface area contributed by atoms with Crippen molar-refractivity contribution >= 4 is 23.2 Å². The summed E-state index contributed by atoms with van der Waals surface area (Å²) in [7, 11) is 0. The second-order valence-corrected chi connectivity index (χ2v) is 6.30. The SMILES string of the molecule is O=C(Nc1ccc2c(c1)OCCO2)c1cnc(Nc2ccc3c(c2)OCO3)nc1. The molecule has 9 heteroatoms. The molecule has 2 aliphatic rings. The van der Waals surface area contributed by atoms with Crippen LogP contribution in [0.3, 0.4) is 0 Å². The van der Waals surface area contributed by atoms with E-state index in [-0.39, 0.29) is 12.7 Å². The highest BCUT2D eigenvalue weighted by Crippen LogP contribution is 2.35. The van der Waals surface area contributed by atoms with Crippen molar-refractivity contribution < 1.29 is 23.7 Å². The maximum absolute atomic E-state index is 12.5. The number of anilines is 3. The van der Waals surface area contributed by atoms with Gasteiger partial charge in [-0.3, -0.25) is 4.79 Å². The first-order chi connectivity index (χ1) is 14.2. The Morgan fingerprint density at radius 2 is 1.41 bits per heavy atom. The molecule has 0 fully saturated rings. The Balaban J connectivity index is 1.25. The Morgan fingerprint density at radius 3 is 2.24 bits per heavy atom. The van der Waals surface area contributed by atoms with E-state index in [2.05, 4.69) is 20.6 Å². The number of carbonyl (C=O) groups is 1. The van der Waals surface area contributed by atoms with Crippen LogP contribution in [0.5, 0.6) is 23.0 Å². The highest BCUT2D eigenvalue weighted by Gasteiger charge is 2.15. The number of hydrogen-bond donors (Lipinski definition) is 2. The maximum atomic E-state index is 12.5. The van der Waals surface area contributed by atoms with Gasteiger partial charge in [0.05, 0.1) is 5.56 Å². The van der Waals surface area contributed by atoms with Crippen molar-refractivity contribution in [3.63, 3.8) is 0 Å². The number of aromatic nitrogens is 2. The molecule has 146 valence electrons. The van der Waals surface area contributed by atoms with Gasteiger partial charge >= 0.3 is 0 Å². The molecule has 9 nitrogen and oxygen atoms in total. The van der Waals surface area contributed by atoms with Gasteiger partial charge in [-0.25, -0.2) is 9.97 Å². The lowest BCUT2D eigenvalue weighted by Crippen LogP contribution is -2.16. The molecule has 2 N–H and O–H groups in total. The highest BCUT2D eigenvalue weighted by molar-refractivity contribution is 6.04. The molecule has 0 bridgehead atoms. The van der Waals surface area contributed by atoms with Crippen molar-refractivity contribution in [3.8, 4) is 23.0 Å². The van der Waals surface area contributed by atoms with Gasteiger partial charge < -0.3 is 29.6 Å². The number of carbonyl (C=O) groups excluding carboxylic acids is 1. The maximum Gasteiger partial charge on any atom is 0.258 e. The molecule has 0 atom stereocenters. The van der Waals surface area contributed by atoms with Gasteiger partial charge in [0, 0.05) is 35.9 Å². The molecular weight excluding hydrogens is 376 g/mol. The van der Waals surface area contributed by atoms with Gasteiger partial charge in [-0.15, -0.1) is 0 Å². The van der Waals surface area contributed by atoms with Crippen molar-refractivity contribution in [1.29, 1.82) is 0 Å². The summed E-state index contributed by atoms with van der Waals surface area (Å²) in [5.41, 5.74) is 1.68. The lowest BCUT2D eigenvalue weighted by Gasteiger charge is -2.19.